The molecule has 0 aromatic carbocycles. The molecule has 20 heavy (non-hydrogen) atoms. The van der Waals surface area contributed by atoms with Crippen LogP contribution in [0.1, 0.15) is 46.5 Å². The molecular formula is C17H30O3. The summed E-state index contributed by atoms with van der Waals surface area (Å²) in [5.74, 6) is 0. The molecule has 0 saturated carbocycles. The largest absolute Gasteiger partial charge is 0.380 e. The van der Waals surface area contributed by atoms with E-state index in [4.69, 9.17) is 14.2 Å². The second-order valence-electron chi connectivity index (χ2n) is 6.50. The van der Waals surface area contributed by atoms with E-state index < -0.39 is 0 Å². The van der Waals surface area contributed by atoms with Gasteiger partial charge in [0.2, 0.25) is 0 Å². The molecule has 0 aromatic rings. The van der Waals surface area contributed by atoms with E-state index >= 15 is 0 Å². The summed E-state index contributed by atoms with van der Waals surface area (Å²) in [5.41, 5.74) is 0.458. The molecule has 0 spiro atoms. The number of rotatable bonds is 9. The Bertz CT molecular complexity index is 305. The fourth-order valence-electron chi connectivity index (χ4n) is 2.80. The molecule has 0 aromatic heterocycles. The van der Waals surface area contributed by atoms with Crippen molar-refractivity contribution in [2.24, 2.45) is 10.8 Å². The van der Waals surface area contributed by atoms with Crippen molar-refractivity contribution in [2.75, 3.05) is 33.0 Å². The lowest BCUT2D eigenvalue weighted by atomic mass is 9.76. The van der Waals surface area contributed by atoms with Crippen molar-refractivity contribution in [3.63, 3.8) is 0 Å². The van der Waals surface area contributed by atoms with Gasteiger partial charge in [-0.25, -0.2) is 0 Å². The fraction of sp³-hybridized carbons (Fsp3) is 0.882. The molecule has 3 heteroatoms. The summed E-state index contributed by atoms with van der Waals surface area (Å²) in [5, 5.41) is 0. The maximum Gasteiger partial charge on any atom is 0.0856 e. The highest BCUT2D eigenvalue weighted by atomic mass is 16.5. The van der Waals surface area contributed by atoms with Crippen LogP contribution in [0.5, 0.6) is 0 Å². The number of hydrogen-bond acceptors (Lipinski definition) is 3. The molecule has 0 amide bonds. The van der Waals surface area contributed by atoms with E-state index in [1.165, 1.54) is 6.42 Å². The van der Waals surface area contributed by atoms with Crippen molar-refractivity contribution in [1.82, 2.24) is 0 Å². The highest BCUT2D eigenvalue weighted by molar-refractivity contribution is 5.04. The minimum absolute atomic E-state index is 0.192. The van der Waals surface area contributed by atoms with Crippen molar-refractivity contribution >= 4 is 0 Å². The van der Waals surface area contributed by atoms with Crippen molar-refractivity contribution in [2.45, 2.75) is 52.6 Å². The zero-order chi connectivity index (χ0) is 14.5. The summed E-state index contributed by atoms with van der Waals surface area (Å²) in [4.78, 5) is 0. The number of unbranched alkanes of at least 4 members (excludes halogenated alkanes) is 1. The van der Waals surface area contributed by atoms with Crippen molar-refractivity contribution in [3.8, 4) is 0 Å². The van der Waals surface area contributed by atoms with Gasteiger partial charge in [0.15, 0.2) is 0 Å². The number of ether oxygens (including phenoxy) is 3. The van der Waals surface area contributed by atoms with Gasteiger partial charge >= 0.3 is 0 Å². The molecule has 1 unspecified atom stereocenters. The summed E-state index contributed by atoms with van der Waals surface area (Å²) in [6.07, 6.45) is 9.30. The van der Waals surface area contributed by atoms with E-state index in [-0.39, 0.29) is 16.9 Å². The van der Waals surface area contributed by atoms with Gasteiger partial charge in [-0.3, -0.25) is 0 Å². The van der Waals surface area contributed by atoms with Gasteiger partial charge in [0, 0.05) is 10.8 Å². The van der Waals surface area contributed by atoms with Gasteiger partial charge in [-0.05, 0) is 19.3 Å². The third kappa shape index (κ3) is 3.26. The van der Waals surface area contributed by atoms with E-state index in [1.807, 2.05) is 0 Å². The summed E-state index contributed by atoms with van der Waals surface area (Å²) < 4.78 is 17.2. The second kappa shape index (κ2) is 7.06. The third-order valence-electron chi connectivity index (χ3n) is 4.99. The van der Waals surface area contributed by atoms with Crippen LogP contribution < -0.4 is 0 Å². The molecule has 0 radical (unpaired) electrons. The molecule has 2 aliphatic rings. The molecule has 2 fully saturated rings. The van der Waals surface area contributed by atoms with Gasteiger partial charge < -0.3 is 14.2 Å². The molecule has 0 N–H and O–H groups in total. The Kier molecular flexibility index (Phi) is 5.65. The van der Waals surface area contributed by atoms with Crippen LogP contribution in [0, 0.1) is 10.8 Å². The molecule has 3 nitrogen and oxygen atoms in total. The van der Waals surface area contributed by atoms with Gasteiger partial charge in [0.25, 0.3) is 0 Å². The third-order valence-corrected chi connectivity index (χ3v) is 4.99. The molecule has 116 valence electrons. The van der Waals surface area contributed by atoms with Crippen LogP contribution in [-0.2, 0) is 14.2 Å². The zero-order valence-electron chi connectivity index (χ0n) is 13.3. The molecule has 0 aliphatic carbocycles. The van der Waals surface area contributed by atoms with Crippen molar-refractivity contribution in [3.05, 3.63) is 12.2 Å². The van der Waals surface area contributed by atoms with E-state index in [1.54, 1.807) is 0 Å². The smallest absolute Gasteiger partial charge is 0.0856 e. The van der Waals surface area contributed by atoms with Crippen LogP contribution in [-0.4, -0.2) is 39.1 Å². The Balaban J connectivity index is 1.95. The van der Waals surface area contributed by atoms with Crippen LogP contribution in [0.2, 0.25) is 0 Å². The average Bonchev–Trinajstić information content (AvgIpc) is 2.37. The molecule has 2 rings (SSSR count). The van der Waals surface area contributed by atoms with Gasteiger partial charge in [-0.2, -0.15) is 0 Å². The van der Waals surface area contributed by atoms with Crippen LogP contribution in [0.25, 0.3) is 0 Å². The minimum Gasteiger partial charge on any atom is -0.380 e. The normalized spacial score (nSPS) is 25.1. The molecule has 1 atom stereocenters. The summed E-state index contributed by atoms with van der Waals surface area (Å²) in [7, 11) is 0. The Morgan fingerprint density at radius 3 is 2.15 bits per heavy atom. The lowest BCUT2D eigenvalue weighted by Crippen LogP contribution is -2.53. The molecular weight excluding hydrogens is 252 g/mol. The molecule has 2 heterocycles. The Morgan fingerprint density at radius 1 is 1.05 bits per heavy atom. The van der Waals surface area contributed by atoms with Crippen LogP contribution in [0.3, 0.4) is 0 Å². The summed E-state index contributed by atoms with van der Waals surface area (Å²) >= 11 is 0. The predicted octanol–water partition coefficient (Wildman–Crippen LogP) is 3.58. The number of hydrogen-bond donors (Lipinski definition) is 0. The van der Waals surface area contributed by atoms with Crippen molar-refractivity contribution < 1.29 is 14.2 Å². The van der Waals surface area contributed by atoms with E-state index in [0.717, 1.165) is 52.3 Å². The van der Waals surface area contributed by atoms with E-state index in [0.29, 0.717) is 0 Å². The Labute approximate surface area is 123 Å². The van der Waals surface area contributed by atoms with E-state index in [2.05, 4.69) is 32.9 Å². The summed E-state index contributed by atoms with van der Waals surface area (Å²) in [6.45, 7) is 10.9. The SMILES string of the molecule is CCCC=CC(OCC1(CC)COC1)C1(CC)COC1. The standard InChI is InChI=1S/C17H30O3/c1-4-7-8-9-15(17(6-3)13-19-14-17)20-12-16(5-2)10-18-11-16/h8-9,15H,4-7,10-14H2,1-3H3. The lowest BCUT2D eigenvalue weighted by Gasteiger charge is -2.47. The average molecular weight is 282 g/mol. The molecule has 2 aliphatic heterocycles. The Hall–Kier alpha value is -0.380. The maximum absolute atomic E-state index is 6.34. The van der Waals surface area contributed by atoms with Gasteiger partial charge in [0.05, 0.1) is 39.1 Å². The quantitative estimate of drug-likeness (QED) is 0.605. The topological polar surface area (TPSA) is 27.7 Å². The highest BCUT2D eigenvalue weighted by Crippen LogP contribution is 2.39. The van der Waals surface area contributed by atoms with E-state index in [9.17, 15) is 0 Å². The number of allylic oxidation sites excluding steroid dienone is 1. The first-order valence-electron chi connectivity index (χ1n) is 8.14. The fourth-order valence-corrected chi connectivity index (χ4v) is 2.80. The predicted molar refractivity (Wildman–Crippen MR) is 80.9 cm³/mol. The van der Waals surface area contributed by atoms with Crippen molar-refractivity contribution in [1.29, 1.82) is 0 Å². The monoisotopic (exact) mass is 282 g/mol. The minimum atomic E-state index is 0.192. The first-order valence-corrected chi connectivity index (χ1v) is 8.14. The second-order valence-corrected chi connectivity index (χ2v) is 6.50. The summed E-state index contributed by atoms with van der Waals surface area (Å²) in [6, 6.07) is 0. The highest BCUT2D eigenvalue weighted by Gasteiger charge is 2.45. The van der Waals surface area contributed by atoms with Crippen LogP contribution >= 0.6 is 0 Å². The first kappa shape index (κ1) is 16.0. The lowest BCUT2D eigenvalue weighted by molar-refractivity contribution is -0.207. The van der Waals surface area contributed by atoms with Gasteiger partial charge in [-0.15, -0.1) is 0 Å². The first-order chi connectivity index (χ1) is 9.70. The van der Waals surface area contributed by atoms with Gasteiger partial charge in [-0.1, -0.05) is 39.3 Å². The van der Waals surface area contributed by atoms with Gasteiger partial charge in [0.1, 0.15) is 0 Å². The molecule has 2 saturated heterocycles. The maximum atomic E-state index is 6.34. The Morgan fingerprint density at radius 2 is 1.75 bits per heavy atom. The zero-order valence-corrected chi connectivity index (χ0v) is 13.3. The van der Waals surface area contributed by atoms with Crippen LogP contribution in [0.15, 0.2) is 12.2 Å². The molecule has 0 bridgehead atoms. The van der Waals surface area contributed by atoms with Crippen LogP contribution in [0.4, 0.5) is 0 Å².